The zero-order valence-electron chi connectivity index (χ0n) is 15.6. The second-order valence-corrected chi connectivity index (χ2v) is 10.4. The predicted molar refractivity (Wildman–Crippen MR) is 109 cm³/mol. The van der Waals surface area contributed by atoms with Gasteiger partial charge in [0.15, 0.2) is 9.84 Å². The summed E-state index contributed by atoms with van der Waals surface area (Å²) >= 11 is 1.43. The number of nitrogens with zero attached hydrogens (tertiary/aromatic N) is 2. The Morgan fingerprint density at radius 3 is 2.70 bits per heavy atom. The summed E-state index contributed by atoms with van der Waals surface area (Å²) in [6.45, 7) is 5.11. The van der Waals surface area contributed by atoms with Gasteiger partial charge in [0.1, 0.15) is 0 Å². The number of hydrogen-bond acceptors (Lipinski definition) is 5. The van der Waals surface area contributed by atoms with Crippen LogP contribution in [0.4, 0.5) is 0 Å². The van der Waals surface area contributed by atoms with Crippen molar-refractivity contribution in [1.82, 2.24) is 15.1 Å². The van der Waals surface area contributed by atoms with Crippen molar-refractivity contribution in [1.29, 1.82) is 0 Å². The molecule has 1 N–H and O–H groups in total. The Morgan fingerprint density at radius 1 is 1.30 bits per heavy atom. The smallest absolute Gasteiger partial charge is 0.230 e. The second-order valence-electron chi connectivity index (χ2n) is 6.91. The molecule has 3 rings (SSSR count). The Labute approximate surface area is 164 Å². The molecule has 2 heterocycles. The maximum absolute atomic E-state index is 12.1. The third-order valence-corrected chi connectivity index (χ3v) is 8.09. The third kappa shape index (κ3) is 5.35. The van der Waals surface area contributed by atoms with Crippen molar-refractivity contribution in [2.75, 3.05) is 17.3 Å². The highest BCUT2D eigenvalue weighted by Gasteiger charge is 2.28. The molecule has 0 radical (unpaired) electrons. The Hall–Kier alpha value is -1.80. The molecule has 1 fully saturated rings. The average Bonchev–Trinajstić information content (AvgIpc) is 3.11. The number of thioether (sulfide) groups is 1. The molecule has 8 heteroatoms. The number of benzene rings is 1. The van der Waals surface area contributed by atoms with Crippen LogP contribution in [-0.4, -0.2) is 46.6 Å². The molecule has 1 aromatic carbocycles. The monoisotopic (exact) mass is 407 g/mol. The summed E-state index contributed by atoms with van der Waals surface area (Å²) in [6, 6.07) is 10.1. The van der Waals surface area contributed by atoms with Crippen molar-refractivity contribution < 1.29 is 13.2 Å². The fourth-order valence-electron chi connectivity index (χ4n) is 3.22. The lowest BCUT2D eigenvalue weighted by molar-refractivity contribution is -0.118. The van der Waals surface area contributed by atoms with Crippen LogP contribution in [0.15, 0.2) is 30.3 Å². The molecule has 0 bridgehead atoms. The number of sulfone groups is 1. The van der Waals surface area contributed by atoms with Gasteiger partial charge in [-0.15, -0.1) is 11.8 Å². The molecule has 0 saturated carbocycles. The second kappa shape index (κ2) is 8.48. The van der Waals surface area contributed by atoms with Crippen LogP contribution in [0.25, 0.3) is 0 Å². The van der Waals surface area contributed by atoms with Crippen LogP contribution in [0.5, 0.6) is 0 Å². The molecular weight excluding hydrogens is 382 g/mol. The van der Waals surface area contributed by atoms with Gasteiger partial charge in [-0.1, -0.05) is 30.3 Å². The predicted octanol–water partition coefficient (Wildman–Crippen LogP) is 2.08. The normalized spacial score (nSPS) is 18.5. The molecule has 27 heavy (non-hydrogen) atoms. The molecule has 1 aliphatic heterocycles. The Bertz CT molecular complexity index is 908. The summed E-state index contributed by atoms with van der Waals surface area (Å²) in [7, 11) is -2.90. The summed E-state index contributed by atoms with van der Waals surface area (Å²) in [5.41, 5.74) is 4.18. The molecule has 0 unspecified atom stereocenters. The lowest BCUT2D eigenvalue weighted by Gasteiger charge is -2.09. The van der Waals surface area contributed by atoms with Crippen LogP contribution in [0, 0.1) is 13.8 Å². The number of amides is 1. The van der Waals surface area contributed by atoms with Crippen molar-refractivity contribution >= 4 is 27.5 Å². The largest absolute Gasteiger partial charge is 0.351 e. The van der Waals surface area contributed by atoms with Gasteiger partial charge in [-0.3, -0.25) is 9.48 Å². The molecule has 1 atom stereocenters. The van der Waals surface area contributed by atoms with E-state index in [1.165, 1.54) is 17.3 Å². The summed E-state index contributed by atoms with van der Waals surface area (Å²) in [6.07, 6.45) is 0.644. The van der Waals surface area contributed by atoms with Crippen molar-refractivity contribution in [3.8, 4) is 0 Å². The molecule has 1 amide bonds. The molecule has 6 nitrogen and oxygen atoms in total. The maximum atomic E-state index is 12.1. The first kappa shape index (κ1) is 19.9. The van der Waals surface area contributed by atoms with Crippen LogP contribution in [-0.2, 0) is 27.7 Å². The van der Waals surface area contributed by atoms with Crippen LogP contribution in [0.1, 0.15) is 28.9 Å². The van der Waals surface area contributed by atoms with E-state index in [0.717, 1.165) is 17.0 Å². The molecule has 1 aliphatic rings. The first-order valence-corrected chi connectivity index (χ1v) is 11.9. The van der Waals surface area contributed by atoms with E-state index < -0.39 is 9.84 Å². The fourth-order valence-corrected chi connectivity index (χ4v) is 6.70. The number of nitrogens with one attached hydrogen (secondary N) is 1. The fraction of sp³-hybridized carbons (Fsp3) is 0.474. The minimum Gasteiger partial charge on any atom is -0.351 e. The van der Waals surface area contributed by atoms with E-state index in [1.54, 1.807) is 0 Å². The number of rotatable bonds is 7. The molecular formula is C19H25N3O3S2. The summed E-state index contributed by atoms with van der Waals surface area (Å²) in [4.78, 5) is 12.1. The van der Waals surface area contributed by atoms with Gasteiger partial charge in [0, 0.05) is 23.1 Å². The number of hydrogen-bond donors (Lipinski definition) is 1. The van der Waals surface area contributed by atoms with Crippen molar-refractivity contribution in [3.63, 3.8) is 0 Å². The average molecular weight is 408 g/mol. The highest BCUT2D eigenvalue weighted by Crippen LogP contribution is 2.24. The van der Waals surface area contributed by atoms with Gasteiger partial charge >= 0.3 is 0 Å². The topological polar surface area (TPSA) is 81.1 Å². The van der Waals surface area contributed by atoms with E-state index in [0.29, 0.717) is 19.5 Å². The Balaban J connectivity index is 1.52. The SMILES string of the molecule is Cc1nn(Cc2ccccc2)c(C)c1CNC(=O)CS[C@@H]1CCS(=O)(=O)C1. The zero-order chi connectivity index (χ0) is 19.4. The number of carbonyl (C=O) groups excluding carboxylic acids is 1. The summed E-state index contributed by atoms with van der Waals surface area (Å²) in [5.74, 6) is 0.649. The van der Waals surface area contributed by atoms with Crippen LogP contribution in [0.2, 0.25) is 0 Å². The number of carbonyl (C=O) groups is 1. The van der Waals surface area contributed by atoms with Gasteiger partial charge in [0.05, 0.1) is 29.5 Å². The van der Waals surface area contributed by atoms with E-state index in [9.17, 15) is 13.2 Å². The van der Waals surface area contributed by atoms with Crippen LogP contribution >= 0.6 is 11.8 Å². The van der Waals surface area contributed by atoms with Gasteiger partial charge in [-0.25, -0.2) is 8.42 Å². The van der Waals surface area contributed by atoms with Gasteiger partial charge in [-0.2, -0.15) is 5.10 Å². The van der Waals surface area contributed by atoms with E-state index in [-0.39, 0.29) is 28.4 Å². The lowest BCUT2D eigenvalue weighted by Crippen LogP contribution is -2.26. The van der Waals surface area contributed by atoms with Gasteiger partial charge < -0.3 is 5.32 Å². The Kier molecular flexibility index (Phi) is 6.26. The van der Waals surface area contributed by atoms with Crippen LogP contribution in [0.3, 0.4) is 0 Å². The molecule has 2 aromatic rings. The molecule has 1 saturated heterocycles. The molecule has 146 valence electrons. The number of aryl methyl sites for hydroxylation is 1. The van der Waals surface area contributed by atoms with E-state index in [1.807, 2.05) is 36.7 Å². The standard InChI is InChI=1S/C19H25N3O3S2/c1-14-18(15(2)22(21-14)11-16-6-4-3-5-7-16)10-20-19(23)12-26-17-8-9-27(24,25)13-17/h3-7,17H,8-13H2,1-2H3,(H,20,23)/t17-/m1/s1. The highest BCUT2D eigenvalue weighted by atomic mass is 32.2. The Morgan fingerprint density at radius 2 is 2.04 bits per heavy atom. The highest BCUT2D eigenvalue weighted by molar-refractivity contribution is 8.02. The summed E-state index contributed by atoms with van der Waals surface area (Å²) in [5, 5.41) is 7.58. The van der Waals surface area contributed by atoms with Crippen molar-refractivity contribution in [2.24, 2.45) is 0 Å². The first-order valence-electron chi connectivity index (χ1n) is 8.99. The van der Waals surface area contributed by atoms with Gasteiger partial charge in [0.25, 0.3) is 0 Å². The van der Waals surface area contributed by atoms with Crippen LogP contribution < -0.4 is 5.32 Å². The van der Waals surface area contributed by atoms with Crippen molar-refractivity contribution in [2.45, 2.75) is 38.6 Å². The van der Waals surface area contributed by atoms with Crippen molar-refractivity contribution in [3.05, 3.63) is 52.8 Å². The molecule has 0 aliphatic carbocycles. The lowest BCUT2D eigenvalue weighted by atomic mass is 10.2. The van der Waals surface area contributed by atoms with E-state index in [2.05, 4.69) is 22.5 Å². The third-order valence-electron chi connectivity index (χ3n) is 4.81. The molecule has 1 aromatic heterocycles. The first-order chi connectivity index (χ1) is 12.8. The summed E-state index contributed by atoms with van der Waals surface area (Å²) < 4.78 is 24.9. The van der Waals surface area contributed by atoms with E-state index in [4.69, 9.17) is 0 Å². The van der Waals surface area contributed by atoms with E-state index >= 15 is 0 Å². The quantitative estimate of drug-likeness (QED) is 0.760. The zero-order valence-corrected chi connectivity index (χ0v) is 17.3. The number of aromatic nitrogens is 2. The minimum atomic E-state index is -2.90. The maximum Gasteiger partial charge on any atom is 0.230 e. The molecule has 0 spiro atoms. The van der Waals surface area contributed by atoms with Gasteiger partial charge in [0.2, 0.25) is 5.91 Å². The minimum absolute atomic E-state index is 0.0397. The van der Waals surface area contributed by atoms with Gasteiger partial charge in [-0.05, 0) is 25.8 Å².